The number of nitrogens with one attached hydrogen (secondary N) is 1. The highest BCUT2D eigenvalue weighted by molar-refractivity contribution is 7.89. The lowest BCUT2D eigenvalue weighted by molar-refractivity contribution is -0.121. The number of benzene rings is 2. The SMILES string of the molecule is CC[C@H](NC(=O)CCc1cc(S(=O)(=O)N2CCCC2)ccc1OC)c1ccc2c(c1)CCCC2. The van der Waals surface area contributed by atoms with Gasteiger partial charge in [0.1, 0.15) is 5.75 Å². The zero-order valence-electron chi connectivity index (χ0n) is 20.3. The normalized spacial score (nSPS) is 17.2. The number of nitrogens with zero attached hydrogens (tertiary/aromatic N) is 1. The predicted octanol–water partition coefficient (Wildman–Crippen LogP) is 4.56. The monoisotopic (exact) mass is 484 g/mol. The summed E-state index contributed by atoms with van der Waals surface area (Å²) in [5.41, 5.74) is 4.75. The van der Waals surface area contributed by atoms with Crippen molar-refractivity contribution in [2.45, 2.75) is 75.6 Å². The molecule has 1 aliphatic heterocycles. The second kappa shape index (κ2) is 10.9. The van der Waals surface area contributed by atoms with E-state index in [1.165, 1.54) is 28.3 Å². The molecule has 0 unspecified atom stereocenters. The number of aryl methyl sites for hydroxylation is 3. The number of methoxy groups -OCH3 is 1. The molecule has 0 saturated carbocycles. The second-order valence-corrected chi connectivity index (χ2v) is 11.3. The van der Waals surface area contributed by atoms with Gasteiger partial charge in [-0.15, -0.1) is 0 Å². The Kier molecular flexibility index (Phi) is 7.94. The van der Waals surface area contributed by atoms with Crippen LogP contribution in [0.25, 0.3) is 0 Å². The van der Waals surface area contributed by atoms with Crippen LogP contribution in [0, 0.1) is 0 Å². The van der Waals surface area contributed by atoms with Crippen molar-refractivity contribution in [2.75, 3.05) is 20.2 Å². The second-order valence-electron chi connectivity index (χ2n) is 9.35. The lowest BCUT2D eigenvalue weighted by Gasteiger charge is -2.22. The molecule has 1 atom stereocenters. The van der Waals surface area contributed by atoms with E-state index in [0.717, 1.165) is 43.2 Å². The number of hydrogen-bond donors (Lipinski definition) is 1. The van der Waals surface area contributed by atoms with E-state index in [9.17, 15) is 13.2 Å². The molecule has 1 saturated heterocycles. The van der Waals surface area contributed by atoms with Crippen molar-refractivity contribution in [3.63, 3.8) is 0 Å². The Bertz CT molecular complexity index is 1120. The Morgan fingerprint density at radius 3 is 2.47 bits per heavy atom. The fourth-order valence-electron chi connectivity index (χ4n) is 5.09. The van der Waals surface area contributed by atoms with Gasteiger partial charge in [-0.05, 0) is 91.8 Å². The van der Waals surface area contributed by atoms with E-state index in [1.54, 1.807) is 25.3 Å². The predicted molar refractivity (Wildman–Crippen MR) is 134 cm³/mol. The van der Waals surface area contributed by atoms with E-state index in [0.29, 0.717) is 25.3 Å². The zero-order chi connectivity index (χ0) is 24.1. The van der Waals surface area contributed by atoms with E-state index in [4.69, 9.17) is 4.74 Å². The van der Waals surface area contributed by atoms with Crippen LogP contribution in [-0.4, -0.2) is 38.8 Å². The van der Waals surface area contributed by atoms with Gasteiger partial charge in [0.2, 0.25) is 15.9 Å². The third-order valence-electron chi connectivity index (χ3n) is 7.09. The lowest BCUT2D eigenvalue weighted by atomic mass is 9.88. The average molecular weight is 485 g/mol. The summed E-state index contributed by atoms with van der Waals surface area (Å²) < 4.78 is 32.9. The maximum absolute atomic E-state index is 13.0. The van der Waals surface area contributed by atoms with Crippen molar-refractivity contribution in [1.82, 2.24) is 9.62 Å². The molecule has 0 radical (unpaired) electrons. The number of fused-ring (bicyclic) bond motifs is 1. The molecule has 2 aromatic rings. The van der Waals surface area contributed by atoms with E-state index >= 15 is 0 Å². The Labute approximate surface area is 203 Å². The fraction of sp³-hybridized carbons (Fsp3) is 0.519. The van der Waals surface area contributed by atoms with Crippen molar-refractivity contribution in [2.24, 2.45) is 0 Å². The van der Waals surface area contributed by atoms with Gasteiger partial charge in [-0.3, -0.25) is 4.79 Å². The summed E-state index contributed by atoms with van der Waals surface area (Å²) in [5, 5.41) is 3.18. The molecule has 0 spiro atoms. The minimum atomic E-state index is -3.51. The maximum atomic E-state index is 13.0. The highest BCUT2D eigenvalue weighted by atomic mass is 32.2. The molecule has 2 aliphatic rings. The van der Waals surface area contributed by atoms with Crippen molar-refractivity contribution in [1.29, 1.82) is 0 Å². The number of amides is 1. The number of hydrogen-bond acceptors (Lipinski definition) is 4. The summed E-state index contributed by atoms with van der Waals surface area (Å²) in [6, 6.07) is 11.6. The molecule has 1 amide bonds. The van der Waals surface area contributed by atoms with Crippen molar-refractivity contribution < 1.29 is 17.9 Å². The van der Waals surface area contributed by atoms with E-state index < -0.39 is 10.0 Å². The molecule has 1 aliphatic carbocycles. The van der Waals surface area contributed by atoms with Crippen molar-refractivity contribution in [3.8, 4) is 5.75 Å². The largest absolute Gasteiger partial charge is 0.496 e. The minimum absolute atomic E-state index is 0.0245. The van der Waals surface area contributed by atoms with Gasteiger partial charge in [-0.1, -0.05) is 25.1 Å². The molecule has 184 valence electrons. The Hall–Kier alpha value is -2.38. The summed E-state index contributed by atoms with van der Waals surface area (Å²) in [6.07, 6.45) is 8.04. The molecule has 4 rings (SSSR count). The molecular weight excluding hydrogens is 448 g/mol. The minimum Gasteiger partial charge on any atom is -0.496 e. The van der Waals surface area contributed by atoms with E-state index in [1.807, 2.05) is 0 Å². The smallest absolute Gasteiger partial charge is 0.243 e. The first-order valence-electron chi connectivity index (χ1n) is 12.5. The quantitative estimate of drug-likeness (QED) is 0.566. The Morgan fingerprint density at radius 1 is 1.03 bits per heavy atom. The standard InChI is InChI=1S/C27H36N2O4S/c1-3-25(22-11-10-20-8-4-5-9-21(20)18-22)28-27(30)15-12-23-19-24(13-14-26(23)33-2)34(31,32)29-16-6-7-17-29/h10-11,13-14,18-19,25H,3-9,12,15-17H2,1-2H3,(H,28,30)/t25-/m0/s1. The summed E-state index contributed by atoms with van der Waals surface area (Å²) in [4.78, 5) is 13.1. The van der Waals surface area contributed by atoms with Gasteiger partial charge in [-0.25, -0.2) is 8.42 Å². The first-order chi connectivity index (χ1) is 16.4. The molecular formula is C27H36N2O4S. The summed E-state index contributed by atoms with van der Waals surface area (Å²) >= 11 is 0. The molecule has 1 heterocycles. The third kappa shape index (κ3) is 5.47. The van der Waals surface area contributed by atoms with Gasteiger partial charge in [0.25, 0.3) is 0 Å². The Morgan fingerprint density at radius 2 is 1.76 bits per heavy atom. The molecule has 0 bridgehead atoms. The Balaban J connectivity index is 1.43. The van der Waals surface area contributed by atoms with Crippen LogP contribution in [0.4, 0.5) is 0 Å². The third-order valence-corrected chi connectivity index (χ3v) is 8.99. The number of ether oxygens (including phenoxy) is 1. The van der Waals surface area contributed by atoms with E-state index in [-0.39, 0.29) is 23.3 Å². The zero-order valence-corrected chi connectivity index (χ0v) is 21.1. The van der Waals surface area contributed by atoms with Crippen LogP contribution in [0.15, 0.2) is 41.3 Å². The van der Waals surface area contributed by atoms with Gasteiger partial charge in [0.05, 0.1) is 18.0 Å². The average Bonchev–Trinajstić information content (AvgIpc) is 3.41. The fourth-order valence-corrected chi connectivity index (χ4v) is 6.66. The molecule has 6 nitrogen and oxygen atoms in total. The maximum Gasteiger partial charge on any atom is 0.243 e. The van der Waals surface area contributed by atoms with Crippen LogP contribution in [0.1, 0.15) is 73.7 Å². The van der Waals surface area contributed by atoms with Gasteiger partial charge in [-0.2, -0.15) is 4.31 Å². The molecule has 34 heavy (non-hydrogen) atoms. The molecule has 2 aromatic carbocycles. The summed E-state index contributed by atoms with van der Waals surface area (Å²) in [7, 11) is -1.95. The molecule has 0 aromatic heterocycles. The van der Waals surface area contributed by atoms with E-state index in [2.05, 4.69) is 30.4 Å². The van der Waals surface area contributed by atoms with Crippen LogP contribution in [0.5, 0.6) is 5.75 Å². The van der Waals surface area contributed by atoms with Gasteiger partial charge < -0.3 is 10.1 Å². The first kappa shape index (κ1) is 24.7. The van der Waals surface area contributed by atoms with Crippen LogP contribution < -0.4 is 10.1 Å². The highest BCUT2D eigenvalue weighted by Gasteiger charge is 2.28. The summed E-state index contributed by atoms with van der Waals surface area (Å²) in [6.45, 7) is 3.21. The molecule has 7 heteroatoms. The van der Waals surface area contributed by atoms with Gasteiger partial charge in [0.15, 0.2) is 0 Å². The lowest BCUT2D eigenvalue weighted by Crippen LogP contribution is -2.29. The molecule has 1 N–H and O–H groups in total. The van der Waals surface area contributed by atoms with Crippen LogP contribution >= 0.6 is 0 Å². The van der Waals surface area contributed by atoms with Gasteiger partial charge >= 0.3 is 0 Å². The number of sulfonamides is 1. The topological polar surface area (TPSA) is 75.7 Å². The van der Waals surface area contributed by atoms with Crippen LogP contribution in [-0.2, 0) is 34.1 Å². The van der Waals surface area contributed by atoms with Crippen molar-refractivity contribution >= 4 is 15.9 Å². The van der Waals surface area contributed by atoms with Crippen LogP contribution in [0.3, 0.4) is 0 Å². The number of carbonyl (C=O) groups excluding carboxylic acids is 1. The van der Waals surface area contributed by atoms with Crippen LogP contribution in [0.2, 0.25) is 0 Å². The van der Waals surface area contributed by atoms with Crippen molar-refractivity contribution in [3.05, 3.63) is 58.7 Å². The summed E-state index contributed by atoms with van der Waals surface area (Å²) in [5.74, 6) is 0.564. The number of carbonyl (C=O) groups is 1. The number of rotatable bonds is 9. The highest BCUT2D eigenvalue weighted by Crippen LogP contribution is 2.28. The first-order valence-corrected chi connectivity index (χ1v) is 13.9. The molecule has 1 fully saturated rings. The van der Waals surface area contributed by atoms with Gasteiger partial charge in [0, 0.05) is 19.5 Å².